The zero-order valence-electron chi connectivity index (χ0n) is 16.8. The van der Waals surface area contributed by atoms with E-state index in [2.05, 4.69) is 15.8 Å². The third-order valence-corrected chi connectivity index (χ3v) is 5.10. The number of carbonyl (C=O) groups is 3. The van der Waals surface area contributed by atoms with Crippen LogP contribution in [0.5, 0.6) is 0 Å². The molecule has 1 aromatic heterocycles. The fourth-order valence-electron chi connectivity index (χ4n) is 2.97. The van der Waals surface area contributed by atoms with Gasteiger partial charge in [-0.25, -0.2) is 4.98 Å². The van der Waals surface area contributed by atoms with Crippen LogP contribution in [-0.2, 0) is 20.6 Å². The van der Waals surface area contributed by atoms with Crippen LogP contribution in [0.25, 0.3) is 0 Å². The minimum atomic E-state index is -4.55. The first-order chi connectivity index (χ1) is 13.4. The van der Waals surface area contributed by atoms with Crippen molar-refractivity contribution in [1.29, 1.82) is 0 Å². The number of rotatable bonds is 6. The van der Waals surface area contributed by atoms with Gasteiger partial charge < -0.3 is 4.90 Å². The molecule has 0 saturated carbocycles. The van der Waals surface area contributed by atoms with Gasteiger partial charge in [-0.1, -0.05) is 20.8 Å². The van der Waals surface area contributed by atoms with Crippen LogP contribution in [0.4, 0.5) is 19.0 Å². The summed E-state index contributed by atoms with van der Waals surface area (Å²) < 4.78 is 38.7. The summed E-state index contributed by atoms with van der Waals surface area (Å²) in [5.74, 6) is -2.08. The molecule has 10 heteroatoms. The lowest BCUT2D eigenvalue weighted by Gasteiger charge is -2.27. The van der Waals surface area contributed by atoms with Crippen LogP contribution in [0.1, 0.15) is 51.3 Å². The highest BCUT2D eigenvalue weighted by Gasteiger charge is 2.41. The van der Waals surface area contributed by atoms with Gasteiger partial charge in [0, 0.05) is 17.7 Å². The van der Waals surface area contributed by atoms with E-state index in [9.17, 15) is 27.6 Å². The lowest BCUT2D eigenvalue weighted by Crippen LogP contribution is -2.51. The molecule has 0 spiro atoms. The Balaban J connectivity index is 2.08. The Kier molecular flexibility index (Phi) is 6.54. The summed E-state index contributed by atoms with van der Waals surface area (Å²) in [6, 6.07) is 0.794. The molecule has 1 aliphatic heterocycles. The van der Waals surface area contributed by atoms with Gasteiger partial charge in [0.1, 0.15) is 11.9 Å². The number of aromatic nitrogens is 1. The molecule has 1 aliphatic rings. The van der Waals surface area contributed by atoms with E-state index < -0.39 is 40.8 Å². The molecule has 29 heavy (non-hydrogen) atoms. The topological polar surface area (TPSA) is 91.4 Å². The van der Waals surface area contributed by atoms with Crippen molar-refractivity contribution >= 4 is 23.4 Å². The van der Waals surface area contributed by atoms with E-state index in [1.165, 1.54) is 11.8 Å². The van der Waals surface area contributed by atoms with Crippen LogP contribution < -0.4 is 10.9 Å². The van der Waals surface area contributed by atoms with Crippen LogP contribution in [0.2, 0.25) is 0 Å². The maximum absolute atomic E-state index is 12.9. The number of halogens is 3. The summed E-state index contributed by atoms with van der Waals surface area (Å²) in [7, 11) is 0. The monoisotopic (exact) mass is 414 g/mol. The summed E-state index contributed by atoms with van der Waals surface area (Å²) >= 11 is 0. The molecule has 1 aromatic rings. The lowest BCUT2D eigenvalue weighted by molar-refractivity contribution is -0.151. The Bertz CT molecular complexity index is 808. The van der Waals surface area contributed by atoms with Crippen molar-refractivity contribution < 1.29 is 27.6 Å². The fraction of sp³-hybridized carbons (Fsp3) is 0.579. The molecule has 1 saturated heterocycles. The number of likely N-dealkylation sites (tertiary alicyclic amines) is 1. The minimum absolute atomic E-state index is 0.127. The second-order valence-corrected chi connectivity index (χ2v) is 7.72. The van der Waals surface area contributed by atoms with Gasteiger partial charge in [0.15, 0.2) is 0 Å². The molecular formula is C19H25F3N4O3. The number of pyridine rings is 1. The molecule has 0 aromatic carbocycles. The number of nitrogens with zero attached hydrogens (tertiary/aromatic N) is 2. The highest BCUT2D eigenvalue weighted by atomic mass is 19.4. The molecule has 2 amide bonds. The molecule has 0 bridgehead atoms. The van der Waals surface area contributed by atoms with Crippen LogP contribution in [0.3, 0.4) is 0 Å². The number of nitrogens with one attached hydrogen (secondary N) is 2. The van der Waals surface area contributed by atoms with Crippen molar-refractivity contribution in [2.24, 2.45) is 5.41 Å². The smallest absolute Gasteiger partial charge is 0.324 e. The summed E-state index contributed by atoms with van der Waals surface area (Å²) in [4.78, 5) is 42.7. The number of aryl methyl sites for hydroxylation is 1. The van der Waals surface area contributed by atoms with Gasteiger partial charge in [-0.2, -0.15) is 13.2 Å². The maximum Gasteiger partial charge on any atom is 0.416 e. The third-order valence-electron chi connectivity index (χ3n) is 5.10. The van der Waals surface area contributed by atoms with E-state index in [1.54, 1.807) is 20.8 Å². The number of hydrogen-bond donors (Lipinski definition) is 2. The highest BCUT2D eigenvalue weighted by molar-refractivity contribution is 6.38. The molecule has 2 N–H and O–H groups in total. The highest BCUT2D eigenvalue weighted by Crippen LogP contribution is 2.31. The van der Waals surface area contributed by atoms with E-state index in [1.807, 2.05) is 0 Å². The zero-order valence-corrected chi connectivity index (χ0v) is 16.8. The first kappa shape index (κ1) is 22.6. The number of ketones is 1. The third kappa shape index (κ3) is 5.24. The normalized spacial score (nSPS) is 17.2. The first-order valence-electron chi connectivity index (χ1n) is 9.34. The molecule has 160 valence electrons. The fourth-order valence-corrected chi connectivity index (χ4v) is 2.97. The molecular weight excluding hydrogens is 389 g/mol. The van der Waals surface area contributed by atoms with E-state index in [0.717, 1.165) is 12.1 Å². The quantitative estimate of drug-likeness (QED) is 0.552. The van der Waals surface area contributed by atoms with Gasteiger partial charge in [-0.15, -0.1) is 0 Å². The number of carbonyl (C=O) groups excluding carboxylic acids is 3. The van der Waals surface area contributed by atoms with E-state index in [0.29, 0.717) is 19.3 Å². The van der Waals surface area contributed by atoms with Crippen molar-refractivity contribution in [1.82, 2.24) is 15.3 Å². The van der Waals surface area contributed by atoms with Gasteiger partial charge in [0.2, 0.25) is 5.78 Å². The molecule has 1 fully saturated rings. The SMILES string of the molecule is CCC(C)(C)C(=O)C(=O)N1CCCC1C(=O)NNc1cc(C(F)(F)F)cc(C)n1. The predicted octanol–water partition coefficient (Wildman–Crippen LogP) is 2.85. The summed E-state index contributed by atoms with van der Waals surface area (Å²) in [6.45, 7) is 6.81. The number of hydrogen-bond acceptors (Lipinski definition) is 5. The van der Waals surface area contributed by atoms with E-state index in [-0.39, 0.29) is 18.1 Å². The Morgan fingerprint density at radius 3 is 2.48 bits per heavy atom. The Hall–Kier alpha value is -2.65. The van der Waals surface area contributed by atoms with Crippen LogP contribution >= 0.6 is 0 Å². The van der Waals surface area contributed by atoms with Crippen molar-refractivity contribution in [2.45, 2.75) is 59.2 Å². The Morgan fingerprint density at radius 1 is 1.24 bits per heavy atom. The Morgan fingerprint density at radius 2 is 1.90 bits per heavy atom. The molecule has 0 aliphatic carbocycles. The van der Waals surface area contributed by atoms with E-state index >= 15 is 0 Å². The molecule has 1 atom stereocenters. The standard InChI is InChI=1S/C19H25F3N4O3/c1-5-18(3,4)15(27)17(29)26-8-6-7-13(26)16(28)25-24-14-10-12(19(20,21)22)9-11(2)23-14/h9-10,13H,5-8H2,1-4H3,(H,23,24)(H,25,28). The summed E-state index contributed by atoms with van der Waals surface area (Å²) in [5.41, 5.74) is 3.07. The van der Waals surface area contributed by atoms with Gasteiger partial charge in [-0.3, -0.25) is 25.2 Å². The van der Waals surface area contributed by atoms with Crippen molar-refractivity contribution in [3.63, 3.8) is 0 Å². The van der Waals surface area contributed by atoms with Crippen LogP contribution in [0.15, 0.2) is 12.1 Å². The molecule has 2 heterocycles. The zero-order chi connectivity index (χ0) is 22.0. The molecule has 0 radical (unpaired) electrons. The largest absolute Gasteiger partial charge is 0.416 e. The number of hydrazine groups is 1. The first-order valence-corrected chi connectivity index (χ1v) is 9.34. The lowest BCUT2D eigenvalue weighted by atomic mass is 9.84. The van der Waals surface area contributed by atoms with Crippen molar-refractivity contribution in [3.05, 3.63) is 23.4 Å². The van der Waals surface area contributed by atoms with Crippen LogP contribution in [0, 0.1) is 12.3 Å². The predicted molar refractivity (Wildman–Crippen MR) is 99.6 cm³/mol. The molecule has 2 rings (SSSR count). The van der Waals surface area contributed by atoms with Crippen molar-refractivity contribution in [3.8, 4) is 0 Å². The van der Waals surface area contributed by atoms with Gasteiger partial charge in [0.05, 0.1) is 5.56 Å². The van der Waals surface area contributed by atoms with Gasteiger partial charge in [-0.05, 0) is 38.3 Å². The molecule has 1 unspecified atom stereocenters. The van der Waals surface area contributed by atoms with Gasteiger partial charge >= 0.3 is 6.18 Å². The Labute approximate surface area is 167 Å². The number of amides is 2. The van der Waals surface area contributed by atoms with E-state index in [4.69, 9.17) is 0 Å². The van der Waals surface area contributed by atoms with Gasteiger partial charge in [0.25, 0.3) is 11.8 Å². The van der Waals surface area contributed by atoms with Crippen molar-refractivity contribution in [2.75, 3.05) is 12.0 Å². The number of Topliss-reactive ketones (excluding diaryl/α,β-unsaturated/α-hetero) is 1. The number of alkyl halides is 3. The summed E-state index contributed by atoms with van der Waals surface area (Å²) in [6.07, 6.45) is -3.17. The minimum Gasteiger partial charge on any atom is -0.324 e. The number of anilines is 1. The second kappa shape index (κ2) is 8.38. The average Bonchev–Trinajstić information content (AvgIpc) is 3.13. The second-order valence-electron chi connectivity index (χ2n) is 7.72. The maximum atomic E-state index is 12.9. The molecule has 7 nitrogen and oxygen atoms in total. The summed E-state index contributed by atoms with van der Waals surface area (Å²) in [5, 5.41) is 0. The van der Waals surface area contributed by atoms with Crippen LogP contribution in [-0.4, -0.2) is 40.1 Å². The average molecular weight is 414 g/mol.